The van der Waals surface area contributed by atoms with E-state index in [9.17, 15) is 0 Å². The monoisotopic (exact) mass is 688 g/mol. The van der Waals surface area contributed by atoms with Crippen molar-refractivity contribution in [1.82, 2.24) is 0 Å². The summed E-state index contributed by atoms with van der Waals surface area (Å²) in [5.74, 6) is 0. The fourth-order valence-electron chi connectivity index (χ4n) is 10.2. The maximum Gasteiger partial charge on any atom is 0.0162 e. The minimum atomic E-state index is 0.0544. The lowest BCUT2D eigenvalue weighted by Crippen LogP contribution is -2.54. The number of rotatable bonds is 37. The van der Waals surface area contributed by atoms with E-state index in [1.165, 1.54) is 257 Å². The molecule has 1 fully saturated rings. The van der Waals surface area contributed by atoms with Crippen LogP contribution in [0.5, 0.6) is 0 Å². The molecule has 0 heterocycles. The van der Waals surface area contributed by atoms with Crippen LogP contribution in [0.15, 0.2) is 0 Å². The molecule has 0 saturated heterocycles. The molecule has 1 nitrogen and oxygen atoms in total. The van der Waals surface area contributed by atoms with Gasteiger partial charge >= 0.3 is 0 Å². The summed E-state index contributed by atoms with van der Waals surface area (Å²) in [6.07, 6.45) is 57.3. The minimum absolute atomic E-state index is 0.0544. The number of hydrogen-bond donors (Lipinski definition) is 1. The average molecular weight is 688 g/mol. The van der Waals surface area contributed by atoms with Crippen molar-refractivity contribution in [3.8, 4) is 0 Å². The summed E-state index contributed by atoms with van der Waals surface area (Å²) in [6, 6.07) is 0. The lowest BCUT2D eigenvalue weighted by Gasteiger charge is -2.56. The largest absolute Gasteiger partial charge is 0.325 e. The Labute approximate surface area is 312 Å². The second-order valence-electron chi connectivity index (χ2n) is 18.1. The molecule has 1 aliphatic rings. The third-order valence-corrected chi connectivity index (χ3v) is 13.2. The first kappa shape index (κ1) is 47.0. The average Bonchev–Trinajstić information content (AvgIpc) is 3.09. The Balaban J connectivity index is 3.01. The summed E-state index contributed by atoms with van der Waals surface area (Å²) in [6.45, 7) is 11.8. The summed E-state index contributed by atoms with van der Waals surface area (Å²) < 4.78 is 0. The van der Waals surface area contributed by atoms with Crippen molar-refractivity contribution in [2.75, 3.05) is 0 Å². The van der Waals surface area contributed by atoms with Gasteiger partial charge < -0.3 is 5.73 Å². The van der Waals surface area contributed by atoms with Gasteiger partial charge in [-0.15, -0.1) is 0 Å². The van der Waals surface area contributed by atoms with Crippen LogP contribution in [-0.2, 0) is 0 Å². The van der Waals surface area contributed by atoms with E-state index in [1.54, 1.807) is 0 Å². The van der Waals surface area contributed by atoms with E-state index in [0.29, 0.717) is 10.8 Å². The Kier molecular flexibility index (Phi) is 30.2. The molecule has 0 amide bonds. The van der Waals surface area contributed by atoms with Crippen molar-refractivity contribution in [1.29, 1.82) is 0 Å². The molecule has 0 aromatic rings. The van der Waals surface area contributed by atoms with E-state index >= 15 is 0 Å². The highest BCUT2D eigenvalue weighted by molar-refractivity contribution is 5.05. The molecule has 1 heteroatoms. The van der Waals surface area contributed by atoms with Gasteiger partial charge in [-0.05, 0) is 62.2 Å². The van der Waals surface area contributed by atoms with Gasteiger partial charge in [-0.3, -0.25) is 0 Å². The second-order valence-corrected chi connectivity index (χ2v) is 18.1. The quantitative estimate of drug-likeness (QED) is 0.0646. The molecule has 0 spiro atoms. The van der Waals surface area contributed by atoms with Crippen LogP contribution < -0.4 is 5.73 Å². The summed E-state index contributed by atoms with van der Waals surface area (Å²) in [4.78, 5) is 0. The maximum atomic E-state index is 7.60. The number of nitrogens with two attached hydrogens (primary N) is 1. The van der Waals surface area contributed by atoms with E-state index in [0.717, 1.165) is 0 Å². The standard InChI is InChI=1S/C48H97N/c1-6-11-15-19-23-27-31-35-39-46(40-36-32-28-24-20-16-12-7-2)43-47(45-48(49,10-5)44-46,41-37-33-29-25-21-17-13-8-3)42-38-34-30-26-22-18-14-9-4/h6-45,49H2,1-5H3. The third kappa shape index (κ3) is 24.0. The molecule has 294 valence electrons. The second kappa shape index (κ2) is 31.5. The summed E-state index contributed by atoms with van der Waals surface area (Å²) in [7, 11) is 0. The zero-order chi connectivity index (χ0) is 35.8. The molecule has 0 bridgehead atoms. The molecule has 0 aliphatic heterocycles. The summed E-state index contributed by atoms with van der Waals surface area (Å²) >= 11 is 0. The van der Waals surface area contributed by atoms with Crippen LogP contribution in [0.4, 0.5) is 0 Å². The van der Waals surface area contributed by atoms with E-state index in [-0.39, 0.29) is 5.54 Å². The van der Waals surface area contributed by atoms with E-state index < -0.39 is 0 Å². The first-order valence-electron chi connectivity index (χ1n) is 23.7. The Hall–Kier alpha value is -0.0400. The van der Waals surface area contributed by atoms with Crippen molar-refractivity contribution in [3.05, 3.63) is 0 Å². The third-order valence-electron chi connectivity index (χ3n) is 13.2. The van der Waals surface area contributed by atoms with E-state index in [4.69, 9.17) is 5.73 Å². The van der Waals surface area contributed by atoms with Gasteiger partial charge in [0, 0.05) is 5.54 Å². The van der Waals surface area contributed by atoms with E-state index in [1.807, 2.05) is 0 Å². The van der Waals surface area contributed by atoms with Crippen LogP contribution in [0, 0.1) is 10.8 Å². The lowest BCUT2D eigenvalue weighted by atomic mass is 9.51. The molecule has 2 N–H and O–H groups in total. The van der Waals surface area contributed by atoms with Gasteiger partial charge in [0.15, 0.2) is 0 Å². The highest BCUT2D eigenvalue weighted by Crippen LogP contribution is 2.59. The highest BCUT2D eigenvalue weighted by Gasteiger charge is 2.51. The maximum absolute atomic E-state index is 7.60. The van der Waals surface area contributed by atoms with Crippen molar-refractivity contribution < 1.29 is 0 Å². The Bertz CT molecular complexity index is 589. The normalized spacial score (nSPS) is 16.8. The minimum Gasteiger partial charge on any atom is -0.325 e. The molecule has 0 atom stereocenters. The van der Waals surface area contributed by atoms with Crippen molar-refractivity contribution in [3.63, 3.8) is 0 Å². The molecule has 0 aromatic carbocycles. The summed E-state index contributed by atoms with van der Waals surface area (Å²) in [5.41, 5.74) is 8.65. The Morgan fingerprint density at radius 1 is 0.286 bits per heavy atom. The van der Waals surface area contributed by atoms with Crippen LogP contribution >= 0.6 is 0 Å². The summed E-state index contributed by atoms with van der Waals surface area (Å²) in [5, 5.41) is 0. The van der Waals surface area contributed by atoms with Gasteiger partial charge in [0.2, 0.25) is 0 Å². The highest BCUT2D eigenvalue weighted by atomic mass is 14.8. The fraction of sp³-hybridized carbons (Fsp3) is 1.00. The lowest BCUT2D eigenvalue weighted by molar-refractivity contribution is -0.0254. The van der Waals surface area contributed by atoms with Crippen LogP contribution in [-0.4, -0.2) is 5.54 Å². The van der Waals surface area contributed by atoms with Gasteiger partial charge in [0.05, 0.1) is 0 Å². The molecule has 0 aromatic heterocycles. The first-order valence-corrected chi connectivity index (χ1v) is 23.7. The van der Waals surface area contributed by atoms with Gasteiger partial charge in [-0.1, -0.05) is 240 Å². The van der Waals surface area contributed by atoms with Crippen molar-refractivity contribution >= 4 is 0 Å². The smallest absolute Gasteiger partial charge is 0.0162 e. The molecule has 1 aliphatic carbocycles. The molecular formula is C48H97N. The zero-order valence-corrected chi connectivity index (χ0v) is 35.4. The van der Waals surface area contributed by atoms with Gasteiger partial charge in [0.1, 0.15) is 0 Å². The van der Waals surface area contributed by atoms with Crippen molar-refractivity contribution in [2.24, 2.45) is 16.6 Å². The van der Waals surface area contributed by atoms with Crippen molar-refractivity contribution in [2.45, 2.75) is 297 Å². The zero-order valence-electron chi connectivity index (χ0n) is 35.4. The van der Waals surface area contributed by atoms with E-state index in [2.05, 4.69) is 34.6 Å². The van der Waals surface area contributed by atoms with Crippen LogP contribution in [0.3, 0.4) is 0 Å². The SMILES string of the molecule is CCCCCCCCCCC1(CCCCCCCCCC)CC(N)(CC)CC(CCCCCCCCCC)(CCCCCCCCCC)C1. The Morgan fingerprint density at radius 2 is 0.490 bits per heavy atom. The number of unbranched alkanes of at least 4 members (excludes halogenated alkanes) is 28. The predicted octanol–water partition coefficient (Wildman–Crippen LogP) is 17.4. The molecule has 49 heavy (non-hydrogen) atoms. The number of hydrogen-bond acceptors (Lipinski definition) is 1. The first-order chi connectivity index (χ1) is 23.9. The van der Waals surface area contributed by atoms with Gasteiger partial charge in [-0.2, -0.15) is 0 Å². The molecule has 0 unspecified atom stereocenters. The van der Waals surface area contributed by atoms with Crippen LogP contribution in [0.2, 0.25) is 0 Å². The molecule has 0 radical (unpaired) electrons. The molecule has 1 rings (SSSR count). The van der Waals surface area contributed by atoms with Crippen LogP contribution in [0.1, 0.15) is 291 Å². The predicted molar refractivity (Wildman–Crippen MR) is 225 cm³/mol. The topological polar surface area (TPSA) is 26.0 Å². The fourth-order valence-corrected chi connectivity index (χ4v) is 10.2. The molecule has 1 saturated carbocycles. The Morgan fingerprint density at radius 3 is 0.694 bits per heavy atom. The van der Waals surface area contributed by atoms with Crippen LogP contribution in [0.25, 0.3) is 0 Å². The molecular weight excluding hydrogens is 591 g/mol. The van der Waals surface area contributed by atoms with Gasteiger partial charge in [-0.25, -0.2) is 0 Å². The van der Waals surface area contributed by atoms with Gasteiger partial charge in [0.25, 0.3) is 0 Å².